The molecular formula is C27H27N7. The summed E-state index contributed by atoms with van der Waals surface area (Å²) in [5.41, 5.74) is 7.54. The Balaban J connectivity index is 1.40. The molecule has 0 bridgehead atoms. The molecule has 2 aliphatic heterocycles. The van der Waals surface area contributed by atoms with Gasteiger partial charge in [-0.25, -0.2) is 0 Å². The molecule has 0 amide bonds. The second-order valence-corrected chi connectivity index (χ2v) is 9.68. The van der Waals surface area contributed by atoms with E-state index in [1.807, 2.05) is 24.3 Å². The molecule has 170 valence electrons. The Kier molecular flexibility index (Phi) is 4.78. The maximum Gasteiger partial charge on any atom is 0.185 e. The minimum atomic E-state index is 0.564. The molecule has 0 aliphatic carbocycles. The molecule has 0 N–H and O–H groups in total. The molecule has 0 saturated carbocycles. The van der Waals surface area contributed by atoms with Crippen LogP contribution in [0.2, 0.25) is 0 Å². The molecule has 2 aliphatic rings. The van der Waals surface area contributed by atoms with E-state index < -0.39 is 0 Å². The van der Waals surface area contributed by atoms with Crippen LogP contribution in [0.25, 0.3) is 28.3 Å². The minimum Gasteiger partial charge on any atom is -0.370 e. The lowest BCUT2D eigenvalue weighted by molar-refractivity contribution is 0.266. The molecular weight excluding hydrogens is 422 g/mol. The summed E-state index contributed by atoms with van der Waals surface area (Å²) < 4.78 is 4.36. The summed E-state index contributed by atoms with van der Waals surface area (Å²) in [7, 11) is 4.35. The highest BCUT2D eigenvalue weighted by molar-refractivity contribution is 5.72. The summed E-state index contributed by atoms with van der Waals surface area (Å²) in [4.78, 5) is 4.85. The van der Waals surface area contributed by atoms with Crippen LogP contribution >= 0.6 is 0 Å². The summed E-state index contributed by atoms with van der Waals surface area (Å²) in [6, 6.07) is 19.4. The predicted molar refractivity (Wildman–Crippen MR) is 133 cm³/mol. The van der Waals surface area contributed by atoms with Crippen molar-refractivity contribution < 1.29 is 0 Å². The topological polar surface area (TPSA) is 65.9 Å². The van der Waals surface area contributed by atoms with Crippen LogP contribution in [0.1, 0.15) is 18.1 Å². The third kappa shape index (κ3) is 3.30. The highest BCUT2D eigenvalue weighted by Crippen LogP contribution is 2.36. The number of hydrogen-bond acceptors (Lipinski definition) is 5. The molecule has 2 atom stereocenters. The van der Waals surface area contributed by atoms with Gasteiger partial charge in [0.05, 0.1) is 23.0 Å². The largest absolute Gasteiger partial charge is 0.370 e. The van der Waals surface area contributed by atoms with Crippen molar-refractivity contribution in [3.8, 4) is 34.4 Å². The SMILES string of the molecule is C[C@H]1CN(c2ccc3c(c2)Cn2cc(-c4ccc(C#N)cc4)cc2-c2nncn2-3)C[C@@H]1N(C)C. The standard InChI is InChI=1S/C27H27N7/c1-18-13-32(16-26(18)31(2)3)23-8-9-24-22(10-23)15-33-14-21(20-6-4-19(12-28)5-7-20)11-25(33)27-30-29-17-34(24)27/h4-11,14,17-18,26H,13,15-16H2,1-3H3/t18-,26-/m0/s1. The highest BCUT2D eigenvalue weighted by atomic mass is 15.3. The number of likely N-dealkylation sites (N-methyl/N-ethyl adjacent to an activating group) is 1. The lowest BCUT2D eigenvalue weighted by atomic mass is 10.1. The van der Waals surface area contributed by atoms with Crippen LogP contribution in [-0.2, 0) is 6.54 Å². The van der Waals surface area contributed by atoms with Crippen molar-refractivity contribution >= 4 is 5.69 Å². The monoisotopic (exact) mass is 449 g/mol. The first kappa shape index (κ1) is 20.7. The molecule has 6 rings (SSSR count). The van der Waals surface area contributed by atoms with Gasteiger partial charge in [-0.05, 0) is 67.5 Å². The quantitative estimate of drug-likeness (QED) is 0.416. The fourth-order valence-corrected chi connectivity index (χ4v) is 5.46. The Bertz CT molecular complexity index is 1400. The van der Waals surface area contributed by atoms with Crippen molar-refractivity contribution in [2.45, 2.75) is 19.5 Å². The van der Waals surface area contributed by atoms with Gasteiger partial charge in [0.25, 0.3) is 0 Å². The number of rotatable bonds is 3. The number of fused-ring (bicyclic) bond motifs is 5. The van der Waals surface area contributed by atoms with Gasteiger partial charge in [0.1, 0.15) is 6.33 Å². The number of nitriles is 1. The molecule has 0 unspecified atom stereocenters. The van der Waals surface area contributed by atoms with Crippen LogP contribution in [0.5, 0.6) is 0 Å². The van der Waals surface area contributed by atoms with E-state index in [1.54, 1.807) is 6.33 Å². The zero-order chi connectivity index (χ0) is 23.4. The van der Waals surface area contributed by atoms with Crippen molar-refractivity contribution in [2.24, 2.45) is 5.92 Å². The van der Waals surface area contributed by atoms with E-state index in [0.717, 1.165) is 48.0 Å². The Morgan fingerprint density at radius 2 is 1.85 bits per heavy atom. The lowest BCUT2D eigenvalue weighted by Gasteiger charge is -2.23. The van der Waals surface area contributed by atoms with Gasteiger partial charge in [0, 0.05) is 43.1 Å². The molecule has 2 aromatic carbocycles. The van der Waals surface area contributed by atoms with Gasteiger partial charge < -0.3 is 14.4 Å². The maximum atomic E-state index is 9.12. The lowest BCUT2D eigenvalue weighted by Crippen LogP contribution is -2.34. The number of benzene rings is 2. The number of nitrogens with zero attached hydrogens (tertiary/aromatic N) is 7. The highest BCUT2D eigenvalue weighted by Gasteiger charge is 2.31. The van der Waals surface area contributed by atoms with Crippen LogP contribution < -0.4 is 4.90 Å². The van der Waals surface area contributed by atoms with E-state index in [1.165, 1.54) is 11.3 Å². The average molecular weight is 450 g/mol. The van der Waals surface area contributed by atoms with E-state index in [2.05, 4.69) is 86.7 Å². The van der Waals surface area contributed by atoms with Crippen LogP contribution in [0.4, 0.5) is 5.69 Å². The van der Waals surface area contributed by atoms with E-state index in [0.29, 0.717) is 17.5 Å². The number of anilines is 1. The van der Waals surface area contributed by atoms with Gasteiger partial charge in [-0.2, -0.15) is 5.26 Å². The van der Waals surface area contributed by atoms with Crippen molar-refractivity contribution in [1.82, 2.24) is 24.2 Å². The van der Waals surface area contributed by atoms with Gasteiger partial charge >= 0.3 is 0 Å². The van der Waals surface area contributed by atoms with Crippen LogP contribution in [-0.4, -0.2) is 57.5 Å². The maximum absolute atomic E-state index is 9.12. The zero-order valence-electron chi connectivity index (χ0n) is 19.7. The van der Waals surface area contributed by atoms with Crippen molar-refractivity contribution in [3.63, 3.8) is 0 Å². The van der Waals surface area contributed by atoms with Crippen molar-refractivity contribution in [1.29, 1.82) is 5.26 Å². The van der Waals surface area contributed by atoms with E-state index in [4.69, 9.17) is 5.26 Å². The molecule has 4 heterocycles. The summed E-state index contributed by atoms with van der Waals surface area (Å²) >= 11 is 0. The first-order valence-corrected chi connectivity index (χ1v) is 11.7. The fourth-order valence-electron chi connectivity index (χ4n) is 5.46. The molecule has 0 spiro atoms. The first-order valence-electron chi connectivity index (χ1n) is 11.7. The average Bonchev–Trinajstić information content (AvgIpc) is 3.56. The van der Waals surface area contributed by atoms with E-state index in [-0.39, 0.29) is 0 Å². The van der Waals surface area contributed by atoms with Crippen LogP contribution in [0.15, 0.2) is 61.1 Å². The summed E-state index contributed by atoms with van der Waals surface area (Å²) in [6.45, 7) is 5.21. The Hall–Kier alpha value is -3.89. The second-order valence-electron chi connectivity index (χ2n) is 9.68. The summed E-state index contributed by atoms with van der Waals surface area (Å²) in [5.74, 6) is 1.47. The number of aromatic nitrogens is 4. The predicted octanol–water partition coefficient (Wildman–Crippen LogP) is 4.02. The molecule has 7 nitrogen and oxygen atoms in total. The van der Waals surface area contributed by atoms with Gasteiger partial charge in [-0.1, -0.05) is 19.1 Å². The van der Waals surface area contributed by atoms with Crippen LogP contribution in [0.3, 0.4) is 0 Å². The zero-order valence-corrected chi connectivity index (χ0v) is 19.7. The second kappa shape index (κ2) is 7.86. The molecule has 2 aromatic heterocycles. The molecule has 1 saturated heterocycles. The Morgan fingerprint density at radius 1 is 1.03 bits per heavy atom. The molecule has 4 aromatic rings. The van der Waals surface area contributed by atoms with Crippen molar-refractivity contribution in [2.75, 3.05) is 32.1 Å². The van der Waals surface area contributed by atoms with Gasteiger partial charge in [-0.15, -0.1) is 10.2 Å². The fraction of sp³-hybridized carbons (Fsp3) is 0.296. The van der Waals surface area contributed by atoms with Crippen molar-refractivity contribution in [3.05, 3.63) is 72.2 Å². The summed E-state index contributed by atoms with van der Waals surface area (Å²) in [6.07, 6.45) is 3.98. The normalized spacial score (nSPS) is 18.9. The molecule has 7 heteroatoms. The van der Waals surface area contributed by atoms with Gasteiger partial charge in [0.2, 0.25) is 0 Å². The minimum absolute atomic E-state index is 0.564. The smallest absolute Gasteiger partial charge is 0.185 e. The Morgan fingerprint density at radius 3 is 2.59 bits per heavy atom. The third-order valence-electron chi connectivity index (χ3n) is 7.29. The van der Waals surface area contributed by atoms with Crippen LogP contribution in [0, 0.1) is 17.2 Å². The Labute approximate surface area is 199 Å². The summed E-state index contributed by atoms with van der Waals surface area (Å²) in [5, 5.41) is 17.8. The van der Waals surface area contributed by atoms with E-state index in [9.17, 15) is 0 Å². The first-order chi connectivity index (χ1) is 16.5. The molecule has 34 heavy (non-hydrogen) atoms. The molecule has 1 fully saturated rings. The number of hydrogen-bond donors (Lipinski definition) is 0. The van der Waals surface area contributed by atoms with Gasteiger partial charge in [0.15, 0.2) is 5.82 Å². The molecule has 0 radical (unpaired) electrons. The third-order valence-corrected chi connectivity index (χ3v) is 7.29. The van der Waals surface area contributed by atoms with Gasteiger partial charge in [-0.3, -0.25) is 4.57 Å². The van der Waals surface area contributed by atoms with E-state index >= 15 is 0 Å².